The summed E-state index contributed by atoms with van der Waals surface area (Å²) in [7, 11) is 1.00. The van der Waals surface area contributed by atoms with E-state index < -0.39 is 0 Å². The van der Waals surface area contributed by atoms with Crippen molar-refractivity contribution in [2.45, 2.75) is 70.6 Å². The van der Waals surface area contributed by atoms with Crippen molar-refractivity contribution in [1.82, 2.24) is 0 Å². The van der Waals surface area contributed by atoms with Crippen molar-refractivity contribution in [3.63, 3.8) is 0 Å². The Labute approximate surface area is 206 Å². The lowest BCUT2D eigenvalue weighted by molar-refractivity contribution is -0.107. The maximum absolute atomic E-state index is 10.2. The zero-order valence-electron chi connectivity index (χ0n) is 21.3. The Morgan fingerprint density at radius 1 is 0.853 bits per heavy atom. The molecule has 0 radical (unpaired) electrons. The average Bonchev–Trinajstić information content (AvgIpc) is 2.87. The van der Waals surface area contributed by atoms with Gasteiger partial charge in [-0.3, -0.25) is 0 Å². The fourth-order valence-corrected chi connectivity index (χ4v) is 3.63. The van der Waals surface area contributed by atoms with E-state index in [0.29, 0.717) is 38.8 Å². The average molecular weight is 483 g/mol. The van der Waals surface area contributed by atoms with Gasteiger partial charge in [-0.05, 0) is 62.6 Å². The molecule has 7 nitrogen and oxygen atoms in total. The molecule has 1 heterocycles. The van der Waals surface area contributed by atoms with E-state index in [9.17, 15) is 4.79 Å². The summed E-state index contributed by atoms with van der Waals surface area (Å²) in [6, 6.07) is 6.19. The van der Waals surface area contributed by atoms with E-state index >= 15 is 0 Å². The van der Waals surface area contributed by atoms with Gasteiger partial charge < -0.3 is 33.6 Å². The van der Waals surface area contributed by atoms with Gasteiger partial charge >= 0.3 is 0 Å². The third-order valence-corrected chi connectivity index (χ3v) is 5.63. The number of fused-ring (bicyclic) bond motifs is 1. The van der Waals surface area contributed by atoms with Gasteiger partial charge in [-0.15, -0.1) is 0 Å². The van der Waals surface area contributed by atoms with Crippen LogP contribution in [0.3, 0.4) is 0 Å². The van der Waals surface area contributed by atoms with E-state index in [1.807, 2.05) is 12.1 Å². The summed E-state index contributed by atoms with van der Waals surface area (Å²) in [6.07, 6.45) is 10.1. The molecular formula is C27H46O7. The van der Waals surface area contributed by atoms with Crippen molar-refractivity contribution in [2.75, 3.05) is 60.0 Å². The first kappa shape index (κ1) is 30.4. The number of unbranched alkanes of at least 4 members (excludes halogenated alkanes) is 6. The molecular weight excluding hydrogens is 436 g/mol. The van der Waals surface area contributed by atoms with Gasteiger partial charge in [-0.1, -0.05) is 19.8 Å². The van der Waals surface area contributed by atoms with E-state index in [2.05, 4.69) is 13.0 Å². The summed E-state index contributed by atoms with van der Waals surface area (Å²) in [4.78, 5) is 10.2. The maximum Gasteiger partial charge on any atom is 0.123 e. The van der Waals surface area contributed by atoms with Crippen molar-refractivity contribution < 1.29 is 33.6 Å². The minimum atomic E-state index is 0.538. The number of rotatable bonds is 20. The molecule has 0 aromatic heterocycles. The molecule has 0 saturated heterocycles. The Balaban J connectivity index is 0.00000281. The first-order valence-corrected chi connectivity index (χ1v) is 12.8. The highest BCUT2D eigenvalue weighted by molar-refractivity contribution is 5.48. The topological polar surface area (TPSA) is 83.5 Å². The van der Waals surface area contributed by atoms with E-state index in [1.54, 1.807) is 0 Å². The molecule has 0 bridgehead atoms. The normalized spacial score (nSPS) is 14.5. The van der Waals surface area contributed by atoms with Crippen LogP contribution in [-0.2, 0) is 19.0 Å². The molecule has 7 heteroatoms. The predicted molar refractivity (Wildman–Crippen MR) is 134 cm³/mol. The molecule has 1 atom stereocenters. The van der Waals surface area contributed by atoms with Crippen LogP contribution in [0.15, 0.2) is 18.2 Å². The van der Waals surface area contributed by atoms with Crippen molar-refractivity contribution in [2.24, 2.45) is 0 Å². The highest BCUT2D eigenvalue weighted by atomic mass is 16.5. The first-order valence-electron chi connectivity index (χ1n) is 12.8. The number of aliphatic hydroxyl groups is 1. The lowest BCUT2D eigenvalue weighted by atomic mass is 9.95. The van der Waals surface area contributed by atoms with Crippen LogP contribution in [0.25, 0.3) is 0 Å². The van der Waals surface area contributed by atoms with Crippen LogP contribution in [0.5, 0.6) is 11.5 Å². The Hall–Kier alpha value is -1.67. The Kier molecular flexibility index (Phi) is 19.5. The van der Waals surface area contributed by atoms with Gasteiger partial charge in [0, 0.05) is 32.3 Å². The second-order valence-corrected chi connectivity index (χ2v) is 8.35. The molecule has 1 unspecified atom stereocenters. The van der Waals surface area contributed by atoms with Crippen molar-refractivity contribution >= 4 is 6.29 Å². The number of aliphatic hydroxyl groups excluding tert-OH is 1. The van der Waals surface area contributed by atoms with E-state index in [1.165, 1.54) is 5.56 Å². The summed E-state index contributed by atoms with van der Waals surface area (Å²) in [5, 5.41) is 7.00. The quantitative estimate of drug-likeness (QED) is 0.208. The predicted octanol–water partition coefficient (Wildman–Crippen LogP) is 4.93. The number of carbonyl (C=O) groups is 1. The zero-order valence-corrected chi connectivity index (χ0v) is 21.3. The molecule has 1 aromatic carbocycles. The number of carbonyl (C=O) groups excluding carboxylic acids is 1. The number of hydrogen-bond acceptors (Lipinski definition) is 7. The molecule has 0 spiro atoms. The summed E-state index contributed by atoms with van der Waals surface area (Å²) in [5.41, 5.74) is 1.27. The van der Waals surface area contributed by atoms with Gasteiger partial charge in [0.05, 0.1) is 39.6 Å². The van der Waals surface area contributed by atoms with Gasteiger partial charge in [0.1, 0.15) is 17.8 Å². The molecule has 1 aromatic rings. The molecule has 34 heavy (non-hydrogen) atoms. The van der Waals surface area contributed by atoms with E-state index in [0.717, 1.165) is 103 Å². The molecule has 1 N–H and O–H groups in total. The van der Waals surface area contributed by atoms with Crippen LogP contribution in [0.4, 0.5) is 0 Å². The van der Waals surface area contributed by atoms with Gasteiger partial charge in [-0.2, -0.15) is 0 Å². The molecule has 1 aliphatic rings. The fourth-order valence-electron chi connectivity index (χ4n) is 3.63. The van der Waals surface area contributed by atoms with Gasteiger partial charge in [-0.25, -0.2) is 0 Å². The second-order valence-electron chi connectivity index (χ2n) is 8.35. The molecule has 196 valence electrons. The zero-order chi connectivity index (χ0) is 24.7. The van der Waals surface area contributed by atoms with Crippen molar-refractivity contribution in [3.05, 3.63) is 23.8 Å². The highest BCUT2D eigenvalue weighted by Gasteiger charge is 2.18. The van der Waals surface area contributed by atoms with Crippen LogP contribution < -0.4 is 9.47 Å². The maximum atomic E-state index is 10.2. The summed E-state index contributed by atoms with van der Waals surface area (Å²) >= 11 is 0. The summed E-state index contributed by atoms with van der Waals surface area (Å²) in [5.74, 6) is 2.49. The van der Waals surface area contributed by atoms with Crippen LogP contribution >= 0.6 is 0 Å². The molecule has 0 saturated carbocycles. The fraction of sp³-hybridized carbons (Fsp3) is 0.741. The van der Waals surface area contributed by atoms with Gasteiger partial charge in [0.2, 0.25) is 0 Å². The Bertz CT molecular complexity index is 609. The van der Waals surface area contributed by atoms with Crippen LogP contribution in [0.1, 0.15) is 76.2 Å². The highest BCUT2D eigenvalue weighted by Crippen LogP contribution is 2.35. The first-order chi connectivity index (χ1) is 16.8. The molecule has 0 amide bonds. The molecule has 1 aliphatic heterocycles. The minimum absolute atomic E-state index is 0.538. The lowest BCUT2D eigenvalue weighted by Gasteiger charge is -2.23. The van der Waals surface area contributed by atoms with E-state index in [4.69, 9.17) is 28.8 Å². The number of ether oxygens (including phenoxy) is 5. The third-order valence-electron chi connectivity index (χ3n) is 5.63. The SMILES string of the molecule is CC1CCOc2ccc(OCCCCCCOCCOCCOCCCCCC=O)cc21.CO. The van der Waals surface area contributed by atoms with Gasteiger partial charge in [0.25, 0.3) is 0 Å². The lowest BCUT2D eigenvalue weighted by Crippen LogP contribution is -2.12. The smallest absolute Gasteiger partial charge is 0.123 e. The van der Waals surface area contributed by atoms with E-state index in [-0.39, 0.29) is 0 Å². The largest absolute Gasteiger partial charge is 0.494 e. The van der Waals surface area contributed by atoms with Crippen LogP contribution in [-0.4, -0.2) is 71.4 Å². The third kappa shape index (κ3) is 14.6. The Morgan fingerprint density at radius 3 is 2.09 bits per heavy atom. The molecule has 0 fully saturated rings. The van der Waals surface area contributed by atoms with Crippen LogP contribution in [0, 0.1) is 0 Å². The summed E-state index contributed by atoms with van der Waals surface area (Å²) in [6.45, 7) is 7.81. The molecule has 2 rings (SSSR count). The minimum Gasteiger partial charge on any atom is -0.494 e. The Morgan fingerprint density at radius 2 is 1.44 bits per heavy atom. The summed E-state index contributed by atoms with van der Waals surface area (Å²) < 4.78 is 28.2. The second kappa shape index (κ2) is 21.8. The molecule has 0 aliphatic carbocycles. The number of benzene rings is 1. The number of aldehydes is 1. The van der Waals surface area contributed by atoms with Crippen LogP contribution in [0.2, 0.25) is 0 Å². The van der Waals surface area contributed by atoms with Crippen molar-refractivity contribution in [3.8, 4) is 11.5 Å². The van der Waals surface area contributed by atoms with Crippen molar-refractivity contribution in [1.29, 1.82) is 0 Å². The number of hydrogen-bond donors (Lipinski definition) is 1. The monoisotopic (exact) mass is 482 g/mol. The van der Waals surface area contributed by atoms with Gasteiger partial charge in [0.15, 0.2) is 0 Å². The standard InChI is InChI=1S/C26H42O6.CH4O/c1-23-12-17-32-26-11-10-24(22-25(23)26)31-16-9-5-4-8-15-29-19-21-30-20-18-28-14-7-3-2-6-13-27;1-2/h10-11,13,22-23H,2-9,12,14-21H2,1H3;2H,1H3.